The normalized spacial score (nSPS) is 10.1. The van der Waals surface area contributed by atoms with Gasteiger partial charge in [-0.15, -0.1) is 0 Å². The van der Waals surface area contributed by atoms with Gasteiger partial charge in [-0.25, -0.2) is 4.39 Å². The van der Waals surface area contributed by atoms with Crippen LogP contribution in [0.1, 0.15) is 10.4 Å². The second kappa shape index (κ2) is 4.40. The van der Waals surface area contributed by atoms with E-state index < -0.39 is 5.82 Å². The van der Waals surface area contributed by atoms with Crippen LogP contribution in [0.2, 0.25) is 0 Å². The van der Waals surface area contributed by atoms with Gasteiger partial charge in [0.05, 0.1) is 18.2 Å². The number of hydrogen-bond donors (Lipinski definition) is 0. The molecule has 0 spiro atoms. The zero-order valence-electron chi connectivity index (χ0n) is 8.44. The number of rotatable bonds is 3. The third-order valence-electron chi connectivity index (χ3n) is 2.18. The molecule has 1 aromatic carbocycles. The summed E-state index contributed by atoms with van der Waals surface area (Å²) in [6, 6.07) is 4.64. The number of aromatic nitrogens is 1. The highest BCUT2D eigenvalue weighted by Gasteiger charge is 2.15. The third kappa shape index (κ3) is 1.69. The molecule has 0 saturated carbocycles. The van der Waals surface area contributed by atoms with Crippen molar-refractivity contribution in [3.05, 3.63) is 35.0 Å². The van der Waals surface area contributed by atoms with Crippen molar-refractivity contribution in [2.75, 3.05) is 7.11 Å². The first-order valence-electron chi connectivity index (χ1n) is 4.50. The molecule has 0 unspecified atom stereocenters. The summed E-state index contributed by atoms with van der Waals surface area (Å²) in [5, 5.41) is 1.69. The lowest BCUT2D eigenvalue weighted by Gasteiger charge is -2.04. The Hall–Kier alpha value is -1.75. The summed E-state index contributed by atoms with van der Waals surface area (Å²) in [5.74, 6) is -0.178. The average molecular weight is 237 g/mol. The van der Waals surface area contributed by atoms with Gasteiger partial charge in [-0.2, -0.15) is 4.37 Å². The highest BCUT2D eigenvalue weighted by molar-refractivity contribution is 7.04. The molecular weight excluding hydrogens is 229 g/mol. The zero-order chi connectivity index (χ0) is 11.5. The summed E-state index contributed by atoms with van der Waals surface area (Å²) >= 11 is 1.18. The predicted molar refractivity (Wildman–Crippen MR) is 59.4 cm³/mol. The molecule has 0 saturated heterocycles. The Morgan fingerprint density at radius 1 is 1.44 bits per heavy atom. The van der Waals surface area contributed by atoms with Crippen LogP contribution < -0.4 is 4.74 Å². The van der Waals surface area contributed by atoms with E-state index in [2.05, 4.69) is 4.37 Å². The Balaban J connectivity index is 2.60. The van der Waals surface area contributed by atoms with Crippen LogP contribution in [0.25, 0.3) is 11.1 Å². The van der Waals surface area contributed by atoms with Gasteiger partial charge in [0.25, 0.3) is 0 Å². The number of carbonyl (C=O) groups excluding carboxylic acids is 1. The fraction of sp³-hybridized carbons (Fsp3) is 0.0909. The summed E-state index contributed by atoms with van der Waals surface area (Å²) in [6.07, 6.45) is 0.491. The first-order valence-corrected chi connectivity index (χ1v) is 5.34. The molecule has 5 heteroatoms. The number of carbonyl (C=O) groups is 1. The zero-order valence-corrected chi connectivity index (χ0v) is 9.25. The molecule has 3 nitrogen and oxygen atoms in total. The smallest absolute Gasteiger partial charge is 0.232 e. The molecule has 0 amide bonds. The number of benzene rings is 1. The third-order valence-corrected chi connectivity index (χ3v) is 2.79. The summed E-state index contributed by atoms with van der Waals surface area (Å²) < 4.78 is 22.8. The summed E-state index contributed by atoms with van der Waals surface area (Å²) in [6.45, 7) is 0. The molecule has 0 aliphatic heterocycles. The van der Waals surface area contributed by atoms with Crippen molar-refractivity contribution in [2.24, 2.45) is 0 Å². The second-order valence-corrected chi connectivity index (χ2v) is 3.69. The van der Waals surface area contributed by atoms with Gasteiger partial charge >= 0.3 is 0 Å². The minimum absolute atomic E-state index is 0.0331. The van der Waals surface area contributed by atoms with Crippen molar-refractivity contribution in [3.63, 3.8) is 0 Å². The summed E-state index contributed by atoms with van der Waals surface area (Å²) in [5.41, 5.74) is 0.926. The molecule has 1 aromatic heterocycles. The lowest BCUT2D eigenvalue weighted by Crippen LogP contribution is -1.92. The standard InChI is InChI=1S/C11H8FNO2S/c1-15-11-9(6-16-13-11)8-4-2-3-7(5-14)10(8)12/h2-6H,1H3. The van der Waals surface area contributed by atoms with Gasteiger partial charge < -0.3 is 4.74 Å². The molecule has 0 bridgehead atoms. The van der Waals surface area contributed by atoms with Gasteiger partial charge in [0.15, 0.2) is 6.29 Å². The molecular formula is C11H8FNO2S. The maximum atomic E-state index is 13.8. The maximum Gasteiger partial charge on any atom is 0.232 e. The van der Waals surface area contributed by atoms with Crippen LogP contribution >= 0.6 is 11.5 Å². The van der Waals surface area contributed by atoms with Crippen LogP contribution in [0, 0.1) is 5.82 Å². The van der Waals surface area contributed by atoms with E-state index in [9.17, 15) is 9.18 Å². The Labute approximate surface area is 95.7 Å². The maximum absolute atomic E-state index is 13.8. The average Bonchev–Trinajstić information content (AvgIpc) is 2.77. The first kappa shape index (κ1) is 10.8. The summed E-state index contributed by atoms with van der Waals surface area (Å²) in [7, 11) is 1.47. The molecule has 0 aliphatic carbocycles. The van der Waals surface area contributed by atoms with Gasteiger partial charge in [-0.05, 0) is 17.6 Å². The molecule has 1 heterocycles. The van der Waals surface area contributed by atoms with E-state index in [0.29, 0.717) is 23.3 Å². The number of hydrogen-bond acceptors (Lipinski definition) is 4. The lowest BCUT2D eigenvalue weighted by molar-refractivity contribution is 0.112. The van der Waals surface area contributed by atoms with Gasteiger partial charge in [-0.1, -0.05) is 12.1 Å². The topological polar surface area (TPSA) is 39.2 Å². The molecule has 0 aliphatic rings. The van der Waals surface area contributed by atoms with E-state index in [1.54, 1.807) is 17.5 Å². The SMILES string of the molecule is COc1nscc1-c1cccc(C=O)c1F. The van der Waals surface area contributed by atoms with Gasteiger partial charge in [0.1, 0.15) is 5.82 Å². The van der Waals surface area contributed by atoms with E-state index in [1.165, 1.54) is 24.7 Å². The Bertz CT molecular complexity index is 524. The van der Waals surface area contributed by atoms with E-state index in [1.807, 2.05) is 0 Å². The van der Waals surface area contributed by atoms with E-state index in [0.717, 1.165) is 0 Å². The highest BCUT2D eigenvalue weighted by Crippen LogP contribution is 2.33. The van der Waals surface area contributed by atoms with Crippen LogP contribution in [0.4, 0.5) is 4.39 Å². The van der Waals surface area contributed by atoms with E-state index in [4.69, 9.17) is 4.74 Å². The molecule has 16 heavy (non-hydrogen) atoms. The fourth-order valence-electron chi connectivity index (χ4n) is 1.40. The molecule has 0 N–H and O–H groups in total. The van der Waals surface area contributed by atoms with Crippen molar-refractivity contribution in [2.45, 2.75) is 0 Å². The van der Waals surface area contributed by atoms with Crippen LogP contribution in [0.15, 0.2) is 23.6 Å². The van der Waals surface area contributed by atoms with Crippen molar-refractivity contribution >= 4 is 17.8 Å². The molecule has 0 radical (unpaired) electrons. The molecule has 2 aromatic rings. The van der Waals surface area contributed by atoms with Crippen molar-refractivity contribution in [1.29, 1.82) is 0 Å². The Kier molecular flexibility index (Phi) is 2.96. The predicted octanol–water partition coefficient (Wildman–Crippen LogP) is 2.77. The van der Waals surface area contributed by atoms with Gasteiger partial charge in [0, 0.05) is 10.9 Å². The van der Waals surface area contributed by atoms with Crippen molar-refractivity contribution in [1.82, 2.24) is 4.37 Å². The van der Waals surface area contributed by atoms with Crippen LogP contribution in [-0.4, -0.2) is 17.8 Å². The highest BCUT2D eigenvalue weighted by atomic mass is 32.1. The largest absolute Gasteiger partial charge is 0.480 e. The summed E-state index contributed by atoms with van der Waals surface area (Å²) in [4.78, 5) is 10.6. The number of methoxy groups -OCH3 is 1. The van der Waals surface area contributed by atoms with Gasteiger partial charge in [0.2, 0.25) is 5.88 Å². The quantitative estimate of drug-likeness (QED) is 0.770. The minimum Gasteiger partial charge on any atom is -0.480 e. The Morgan fingerprint density at radius 3 is 2.94 bits per heavy atom. The number of aldehydes is 1. The van der Waals surface area contributed by atoms with Gasteiger partial charge in [-0.3, -0.25) is 4.79 Å². The second-order valence-electron chi connectivity index (χ2n) is 3.06. The number of nitrogens with zero attached hydrogens (tertiary/aromatic N) is 1. The van der Waals surface area contributed by atoms with Crippen molar-refractivity contribution in [3.8, 4) is 17.0 Å². The molecule has 0 fully saturated rings. The van der Waals surface area contributed by atoms with Crippen LogP contribution in [0.3, 0.4) is 0 Å². The number of ether oxygens (including phenoxy) is 1. The van der Waals surface area contributed by atoms with Crippen LogP contribution in [-0.2, 0) is 0 Å². The van der Waals surface area contributed by atoms with Crippen molar-refractivity contribution < 1.29 is 13.9 Å². The fourth-order valence-corrected chi connectivity index (χ4v) is 2.06. The van der Waals surface area contributed by atoms with E-state index in [-0.39, 0.29) is 5.56 Å². The van der Waals surface area contributed by atoms with E-state index >= 15 is 0 Å². The molecule has 2 rings (SSSR count). The Morgan fingerprint density at radius 2 is 2.25 bits per heavy atom. The lowest BCUT2D eigenvalue weighted by atomic mass is 10.1. The molecule has 82 valence electrons. The monoisotopic (exact) mass is 237 g/mol. The molecule has 0 atom stereocenters. The first-order chi connectivity index (χ1) is 7.77. The van der Waals surface area contributed by atoms with Crippen LogP contribution in [0.5, 0.6) is 5.88 Å². The minimum atomic E-state index is -0.545. The number of halogens is 1.